The van der Waals surface area contributed by atoms with Gasteiger partial charge in [-0.25, -0.2) is 4.39 Å². The maximum atomic E-state index is 13.9. The average Bonchev–Trinajstić information content (AvgIpc) is 3.33. The minimum Gasteiger partial charge on any atom is -0.493 e. The summed E-state index contributed by atoms with van der Waals surface area (Å²) in [5.74, 6) is -0.632. The van der Waals surface area contributed by atoms with E-state index in [2.05, 4.69) is 10.6 Å². The number of carbonyl (C=O) groups excluding carboxylic acids is 2. The molecule has 2 atom stereocenters. The van der Waals surface area contributed by atoms with Gasteiger partial charge in [0.15, 0.2) is 11.5 Å². The van der Waals surface area contributed by atoms with Crippen LogP contribution in [-0.2, 0) is 16.1 Å². The molecular formula is C25H31FN2O5. The zero-order valence-electron chi connectivity index (χ0n) is 19.2. The molecule has 2 N–H and O–H groups in total. The lowest BCUT2D eigenvalue weighted by Crippen LogP contribution is -2.49. The number of halogens is 1. The average molecular weight is 459 g/mol. The van der Waals surface area contributed by atoms with Crippen LogP contribution in [-0.4, -0.2) is 44.3 Å². The highest BCUT2D eigenvalue weighted by Gasteiger charge is 2.25. The number of hydrogen-bond acceptors (Lipinski definition) is 5. The summed E-state index contributed by atoms with van der Waals surface area (Å²) in [7, 11) is 1.56. The summed E-state index contributed by atoms with van der Waals surface area (Å²) in [4.78, 5) is 25.3. The fourth-order valence-corrected chi connectivity index (χ4v) is 3.60. The van der Waals surface area contributed by atoms with Gasteiger partial charge < -0.3 is 24.8 Å². The molecule has 0 spiro atoms. The molecular weight excluding hydrogens is 427 g/mol. The first-order chi connectivity index (χ1) is 15.9. The first-order valence-electron chi connectivity index (χ1n) is 11.1. The molecule has 7 nitrogen and oxygen atoms in total. The number of benzene rings is 2. The highest BCUT2D eigenvalue weighted by Crippen LogP contribution is 2.29. The van der Waals surface area contributed by atoms with Gasteiger partial charge in [-0.3, -0.25) is 9.59 Å². The van der Waals surface area contributed by atoms with Crippen molar-refractivity contribution in [1.82, 2.24) is 10.6 Å². The van der Waals surface area contributed by atoms with Crippen LogP contribution in [0.25, 0.3) is 0 Å². The van der Waals surface area contributed by atoms with Crippen molar-refractivity contribution in [1.29, 1.82) is 0 Å². The SMILES string of the molecule is COc1cc(CNC(=O)C(NC(=O)c2ccccc2F)C(C)C)ccc1OCC1CCCO1. The Hall–Kier alpha value is -3.13. The van der Waals surface area contributed by atoms with Crippen LogP contribution in [0, 0.1) is 11.7 Å². The van der Waals surface area contributed by atoms with Crippen molar-refractivity contribution in [2.24, 2.45) is 5.92 Å². The van der Waals surface area contributed by atoms with Gasteiger partial charge in [0, 0.05) is 13.2 Å². The Morgan fingerprint density at radius 2 is 1.97 bits per heavy atom. The molecule has 0 aliphatic carbocycles. The van der Waals surface area contributed by atoms with Gasteiger partial charge >= 0.3 is 0 Å². The third-order valence-corrected chi connectivity index (χ3v) is 5.50. The van der Waals surface area contributed by atoms with E-state index in [1.165, 1.54) is 18.2 Å². The molecule has 1 aliphatic rings. The number of amides is 2. The topological polar surface area (TPSA) is 85.9 Å². The van der Waals surface area contributed by atoms with E-state index in [4.69, 9.17) is 14.2 Å². The summed E-state index contributed by atoms with van der Waals surface area (Å²) in [6.45, 7) is 5.09. The van der Waals surface area contributed by atoms with Gasteiger partial charge in [0.05, 0.1) is 18.8 Å². The van der Waals surface area contributed by atoms with Crippen LogP contribution >= 0.6 is 0 Å². The molecule has 1 heterocycles. The van der Waals surface area contributed by atoms with E-state index in [1.54, 1.807) is 25.3 Å². The van der Waals surface area contributed by atoms with E-state index in [-0.39, 0.29) is 30.0 Å². The molecule has 0 aromatic heterocycles. The summed E-state index contributed by atoms with van der Waals surface area (Å²) in [5, 5.41) is 5.47. The minimum atomic E-state index is -0.812. The lowest BCUT2D eigenvalue weighted by molar-refractivity contribution is -0.124. The van der Waals surface area contributed by atoms with Gasteiger partial charge in [-0.1, -0.05) is 32.0 Å². The summed E-state index contributed by atoms with van der Waals surface area (Å²) < 4.78 is 30.8. The van der Waals surface area contributed by atoms with E-state index in [0.717, 1.165) is 25.0 Å². The first-order valence-corrected chi connectivity index (χ1v) is 11.1. The molecule has 33 heavy (non-hydrogen) atoms. The monoisotopic (exact) mass is 458 g/mol. The zero-order valence-corrected chi connectivity index (χ0v) is 19.2. The van der Waals surface area contributed by atoms with E-state index in [1.807, 2.05) is 19.9 Å². The van der Waals surface area contributed by atoms with Crippen LogP contribution in [0.5, 0.6) is 11.5 Å². The smallest absolute Gasteiger partial charge is 0.254 e. The quantitative estimate of drug-likeness (QED) is 0.570. The molecule has 2 amide bonds. The van der Waals surface area contributed by atoms with Gasteiger partial charge in [0.1, 0.15) is 18.5 Å². The normalized spacial score (nSPS) is 16.3. The molecule has 1 fully saturated rings. The van der Waals surface area contributed by atoms with Crippen LogP contribution in [0.1, 0.15) is 42.6 Å². The van der Waals surface area contributed by atoms with Crippen molar-refractivity contribution in [3.05, 3.63) is 59.4 Å². The van der Waals surface area contributed by atoms with Gasteiger partial charge in [-0.2, -0.15) is 0 Å². The second-order valence-electron chi connectivity index (χ2n) is 8.32. The van der Waals surface area contributed by atoms with Crippen molar-refractivity contribution >= 4 is 11.8 Å². The lowest BCUT2D eigenvalue weighted by Gasteiger charge is -2.22. The highest BCUT2D eigenvalue weighted by atomic mass is 19.1. The van der Waals surface area contributed by atoms with Gasteiger partial charge in [0.25, 0.3) is 5.91 Å². The van der Waals surface area contributed by atoms with Gasteiger partial charge in [-0.05, 0) is 48.6 Å². The predicted octanol–water partition coefficient (Wildman–Crippen LogP) is 3.46. The Kier molecular flexibility index (Phi) is 8.65. The van der Waals surface area contributed by atoms with E-state index in [9.17, 15) is 14.0 Å². The minimum absolute atomic E-state index is 0.0979. The maximum absolute atomic E-state index is 13.9. The van der Waals surface area contributed by atoms with Crippen LogP contribution in [0.15, 0.2) is 42.5 Å². The predicted molar refractivity (Wildman–Crippen MR) is 122 cm³/mol. The second-order valence-corrected chi connectivity index (χ2v) is 8.32. The van der Waals surface area contributed by atoms with Crippen molar-refractivity contribution in [2.75, 3.05) is 20.3 Å². The molecule has 2 aromatic carbocycles. The highest BCUT2D eigenvalue weighted by molar-refractivity contribution is 5.97. The third kappa shape index (κ3) is 6.68. The molecule has 3 rings (SSSR count). The van der Waals surface area contributed by atoms with E-state index < -0.39 is 17.8 Å². The van der Waals surface area contributed by atoms with Crippen LogP contribution in [0.3, 0.4) is 0 Å². The number of rotatable bonds is 10. The lowest BCUT2D eigenvalue weighted by atomic mass is 10.0. The molecule has 0 bridgehead atoms. The molecule has 1 saturated heterocycles. The number of carbonyl (C=O) groups is 2. The largest absolute Gasteiger partial charge is 0.493 e. The number of ether oxygens (including phenoxy) is 3. The Morgan fingerprint density at radius 1 is 1.18 bits per heavy atom. The molecule has 178 valence electrons. The van der Waals surface area contributed by atoms with Gasteiger partial charge in [0.2, 0.25) is 5.91 Å². The molecule has 1 aliphatic heterocycles. The standard InChI is InChI=1S/C25H31FN2O5/c1-16(2)23(28-24(29)19-8-4-5-9-20(19)26)25(30)27-14-17-10-11-21(22(13-17)31-3)33-15-18-7-6-12-32-18/h4-5,8-11,13,16,18,23H,6-7,12,14-15H2,1-3H3,(H,27,30)(H,28,29). The number of methoxy groups -OCH3 is 1. The zero-order chi connectivity index (χ0) is 23.8. The summed E-state index contributed by atoms with van der Waals surface area (Å²) in [6.07, 6.45) is 2.12. The Balaban J connectivity index is 1.59. The van der Waals surface area contributed by atoms with Crippen molar-refractivity contribution in [3.8, 4) is 11.5 Å². The third-order valence-electron chi connectivity index (χ3n) is 5.50. The number of nitrogens with one attached hydrogen (secondary N) is 2. The summed E-state index contributed by atoms with van der Waals surface area (Å²) >= 11 is 0. The Labute approximate surface area is 193 Å². The molecule has 0 radical (unpaired) electrons. The van der Waals surface area contributed by atoms with Crippen molar-refractivity contribution < 1.29 is 28.2 Å². The van der Waals surface area contributed by atoms with Crippen LogP contribution in [0.4, 0.5) is 4.39 Å². The van der Waals surface area contributed by atoms with E-state index in [0.29, 0.717) is 18.1 Å². The van der Waals surface area contributed by atoms with Crippen LogP contribution in [0.2, 0.25) is 0 Å². The second kappa shape index (κ2) is 11.7. The summed E-state index contributed by atoms with van der Waals surface area (Å²) in [6, 6.07) is 10.3. The van der Waals surface area contributed by atoms with Crippen molar-refractivity contribution in [2.45, 2.75) is 45.4 Å². The first kappa shape index (κ1) is 24.5. The fourth-order valence-electron chi connectivity index (χ4n) is 3.60. The van der Waals surface area contributed by atoms with Crippen LogP contribution < -0.4 is 20.1 Å². The Morgan fingerprint density at radius 3 is 2.64 bits per heavy atom. The molecule has 0 saturated carbocycles. The molecule has 8 heteroatoms. The fraction of sp³-hybridized carbons (Fsp3) is 0.440. The Bertz CT molecular complexity index is 960. The molecule has 2 aromatic rings. The molecule has 2 unspecified atom stereocenters. The van der Waals surface area contributed by atoms with Crippen molar-refractivity contribution in [3.63, 3.8) is 0 Å². The summed E-state index contributed by atoms with van der Waals surface area (Å²) in [5.41, 5.74) is 0.715. The van der Waals surface area contributed by atoms with Gasteiger partial charge in [-0.15, -0.1) is 0 Å². The van der Waals surface area contributed by atoms with E-state index >= 15 is 0 Å². The maximum Gasteiger partial charge on any atom is 0.254 e. The number of hydrogen-bond donors (Lipinski definition) is 2.